The molecule has 1 aromatic rings. The highest BCUT2D eigenvalue weighted by Gasteiger charge is 2.15. The van der Waals surface area contributed by atoms with Crippen LogP contribution in [0.4, 0.5) is 11.4 Å². The molecule has 22 heavy (non-hydrogen) atoms. The summed E-state index contributed by atoms with van der Waals surface area (Å²) in [7, 11) is 0. The van der Waals surface area contributed by atoms with Gasteiger partial charge >= 0.3 is 0 Å². The van der Waals surface area contributed by atoms with E-state index in [4.69, 9.17) is 11.6 Å². The monoisotopic (exact) mass is 325 g/mol. The molecule has 0 saturated heterocycles. The molecule has 0 heterocycles. The quantitative estimate of drug-likeness (QED) is 0.620. The van der Waals surface area contributed by atoms with Crippen molar-refractivity contribution < 1.29 is 9.72 Å². The topological polar surface area (TPSA) is 84.3 Å². The number of nitrogens with zero attached hydrogens (tertiary/aromatic N) is 1. The normalized spacial score (nSPS) is 15.3. The van der Waals surface area contributed by atoms with Gasteiger partial charge in [-0.25, -0.2) is 0 Å². The third kappa shape index (κ3) is 4.87. The van der Waals surface area contributed by atoms with Crippen LogP contribution < -0.4 is 10.6 Å². The lowest BCUT2D eigenvalue weighted by Gasteiger charge is -2.21. The molecule has 0 spiro atoms. The first-order valence-electron chi connectivity index (χ1n) is 7.51. The van der Waals surface area contributed by atoms with Gasteiger partial charge in [0.05, 0.1) is 11.5 Å². The molecule has 120 valence electrons. The minimum atomic E-state index is -0.545. The first kappa shape index (κ1) is 16.5. The number of benzene rings is 1. The zero-order chi connectivity index (χ0) is 15.9. The lowest BCUT2D eigenvalue weighted by atomic mass is 9.89. The van der Waals surface area contributed by atoms with Crippen molar-refractivity contribution >= 4 is 28.9 Å². The second-order valence-corrected chi connectivity index (χ2v) is 5.99. The number of carbonyl (C=O) groups is 1. The van der Waals surface area contributed by atoms with Gasteiger partial charge in [0.15, 0.2) is 0 Å². The van der Waals surface area contributed by atoms with Gasteiger partial charge in [0.1, 0.15) is 5.02 Å². The summed E-state index contributed by atoms with van der Waals surface area (Å²) >= 11 is 5.74. The number of hydrogen-bond donors (Lipinski definition) is 2. The molecule has 0 unspecified atom stereocenters. The third-order valence-corrected chi connectivity index (χ3v) is 4.23. The number of amides is 1. The largest absolute Gasteiger partial charge is 0.376 e. The van der Waals surface area contributed by atoms with E-state index >= 15 is 0 Å². The first-order valence-corrected chi connectivity index (χ1v) is 7.88. The molecule has 1 amide bonds. The summed E-state index contributed by atoms with van der Waals surface area (Å²) in [6.07, 6.45) is 6.13. The number of rotatable bonds is 6. The third-order valence-electron chi connectivity index (χ3n) is 3.91. The fourth-order valence-corrected chi connectivity index (χ4v) is 2.84. The van der Waals surface area contributed by atoms with Gasteiger partial charge in [-0.15, -0.1) is 0 Å². The number of carbonyl (C=O) groups excluding carboxylic acids is 1. The van der Waals surface area contributed by atoms with E-state index in [0.29, 0.717) is 18.2 Å². The SMILES string of the molecule is O=C(CNc1ccc(Cl)c([N+](=O)[O-])c1)NCC1CCCCC1. The van der Waals surface area contributed by atoms with E-state index in [0.717, 1.165) is 0 Å². The molecule has 2 N–H and O–H groups in total. The Balaban J connectivity index is 1.78. The minimum absolute atomic E-state index is 0.0808. The van der Waals surface area contributed by atoms with Gasteiger partial charge in [0.25, 0.3) is 5.69 Å². The maximum atomic E-state index is 11.8. The molecule has 0 aliphatic heterocycles. The molecular formula is C15H20ClN3O3. The fourth-order valence-electron chi connectivity index (χ4n) is 2.66. The van der Waals surface area contributed by atoms with Crippen molar-refractivity contribution in [1.82, 2.24) is 5.32 Å². The predicted octanol–water partition coefficient (Wildman–Crippen LogP) is 3.36. The van der Waals surface area contributed by atoms with Crippen LogP contribution in [0.5, 0.6) is 0 Å². The number of nitro groups is 1. The molecule has 1 aliphatic rings. The Kier molecular flexibility index (Phi) is 6.00. The van der Waals surface area contributed by atoms with Crippen molar-refractivity contribution in [3.8, 4) is 0 Å². The summed E-state index contributed by atoms with van der Waals surface area (Å²) in [6, 6.07) is 4.39. The second kappa shape index (κ2) is 7.98. The fraction of sp³-hybridized carbons (Fsp3) is 0.533. The lowest BCUT2D eigenvalue weighted by Crippen LogP contribution is -2.34. The van der Waals surface area contributed by atoms with Crippen molar-refractivity contribution in [3.05, 3.63) is 33.3 Å². The Morgan fingerprint density at radius 2 is 2.05 bits per heavy atom. The predicted molar refractivity (Wildman–Crippen MR) is 86.2 cm³/mol. The zero-order valence-electron chi connectivity index (χ0n) is 12.3. The Morgan fingerprint density at radius 1 is 1.32 bits per heavy atom. The van der Waals surface area contributed by atoms with E-state index in [-0.39, 0.29) is 23.2 Å². The van der Waals surface area contributed by atoms with Gasteiger partial charge in [-0.1, -0.05) is 30.9 Å². The second-order valence-electron chi connectivity index (χ2n) is 5.58. The summed E-state index contributed by atoms with van der Waals surface area (Å²) in [5.74, 6) is 0.470. The Labute approximate surface area is 134 Å². The average molecular weight is 326 g/mol. The van der Waals surface area contributed by atoms with Crippen LogP contribution >= 0.6 is 11.6 Å². The summed E-state index contributed by atoms with van der Waals surface area (Å²) in [5, 5.41) is 16.7. The standard InChI is InChI=1S/C15H20ClN3O3/c16-13-7-6-12(8-14(13)19(21)22)17-10-15(20)18-9-11-4-2-1-3-5-11/h6-8,11,17H,1-5,9-10H2,(H,18,20). The van der Waals surface area contributed by atoms with Crippen LogP contribution in [-0.2, 0) is 4.79 Å². The van der Waals surface area contributed by atoms with Crippen molar-refractivity contribution in [3.63, 3.8) is 0 Å². The van der Waals surface area contributed by atoms with Gasteiger partial charge in [-0.05, 0) is 30.9 Å². The first-order chi connectivity index (χ1) is 10.6. The molecule has 6 nitrogen and oxygen atoms in total. The van der Waals surface area contributed by atoms with Crippen molar-refractivity contribution in [2.24, 2.45) is 5.92 Å². The average Bonchev–Trinajstić information content (AvgIpc) is 2.53. The van der Waals surface area contributed by atoms with E-state index in [1.165, 1.54) is 44.2 Å². The molecule has 1 aliphatic carbocycles. The Morgan fingerprint density at radius 3 is 2.73 bits per heavy atom. The highest BCUT2D eigenvalue weighted by atomic mass is 35.5. The van der Waals surface area contributed by atoms with Crippen LogP contribution in [0.2, 0.25) is 5.02 Å². The summed E-state index contributed by atoms with van der Waals surface area (Å²) in [6.45, 7) is 0.798. The van der Waals surface area contributed by atoms with Gasteiger partial charge < -0.3 is 10.6 Å². The van der Waals surface area contributed by atoms with Gasteiger partial charge in [-0.3, -0.25) is 14.9 Å². The van der Waals surface area contributed by atoms with E-state index in [1.807, 2.05) is 0 Å². The number of anilines is 1. The van der Waals surface area contributed by atoms with Gasteiger partial charge in [0.2, 0.25) is 5.91 Å². The van der Waals surface area contributed by atoms with Crippen LogP contribution in [0, 0.1) is 16.0 Å². The smallest absolute Gasteiger partial charge is 0.289 e. The van der Waals surface area contributed by atoms with E-state index in [2.05, 4.69) is 10.6 Å². The van der Waals surface area contributed by atoms with E-state index in [9.17, 15) is 14.9 Å². The van der Waals surface area contributed by atoms with Crippen molar-refractivity contribution in [2.75, 3.05) is 18.4 Å². The number of nitro benzene ring substituents is 1. The minimum Gasteiger partial charge on any atom is -0.376 e. The molecule has 0 bridgehead atoms. The summed E-state index contributed by atoms with van der Waals surface area (Å²) in [5.41, 5.74) is 0.332. The molecule has 2 rings (SSSR count). The maximum Gasteiger partial charge on any atom is 0.289 e. The Hall–Kier alpha value is -1.82. The molecule has 0 atom stereocenters. The molecule has 0 radical (unpaired) electrons. The molecular weight excluding hydrogens is 306 g/mol. The van der Waals surface area contributed by atoms with Crippen molar-refractivity contribution in [2.45, 2.75) is 32.1 Å². The highest BCUT2D eigenvalue weighted by Crippen LogP contribution is 2.27. The molecule has 1 aromatic carbocycles. The molecule has 0 aromatic heterocycles. The van der Waals surface area contributed by atoms with Crippen LogP contribution in [0.1, 0.15) is 32.1 Å². The molecule has 1 fully saturated rings. The van der Waals surface area contributed by atoms with Crippen LogP contribution in [0.15, 0.2) is 18.2 Å². The molecule has 7 heteroatoms. The summed E-state index contributed by atoms with van der Waals surface area (Å²) < 4.78 is 0. The highest BCUT2D eigenvalue weighted by molar-refractivity contribution is 6.32. The van der Waals surface area contributed by atoms with Crippen LogP contribution in [0.3, 0.4) is 0 Å². The van der Waals surface area contributed by atoms with E-state index in [1.54, 1.807) is 6.07 Å². The lowest BCUT2D eigenvalue weighted by molar-refractivity contribution is -0.384. The Bertz CT molecular complexity index is 545. The van der Waals surface area contributed by atoms with E-state index < -0.39 is 4.92 Å². The maximum absolute atomic E-state index is 11.8. The van der Waals surface area contributed by atoms with Gasteiger partial charge in [0, 0.05) is 18.3 Å². The van der Waals surface area contributed by atoms with Gasteiger partial charge in [-0.2, -0.15) is 0 Å². The van der Waals surface area contributed by atoms with Crippen molar-refractivity contribution in [1.29, 1.82) is 0 Å². The van der Waals surface area contributed by atoms with Crippen LogP contribution in [-0.4, -0.2) is 23.9 Å². The zero-order valence-corrected chi connectivity index (χ0v) is 13.1. The number of hydrogen-bond acceptors (Lipinski definition) is 4. The number of halogens is 1. The molecule has 1 saturated carbocycles. The van der Waals surface area contributed by atoms with Crippen LogP contribution in [0.25, 0.3) is 0 Å². The number of nitrogens with one attached hydrogen (secondary N) is 2. The summed E-state index contributed by atoms with van der Waals surface area (Å²) in [4.78, 5) is 22.1.